The normalized spacial score (nSPS) is 9.94. The number of hydrogen-bond donors (Lipinski definition) is 0. The molecule has 1 radical (unpaired) electrons. The number of carbonyl (C=O) groups is 1. The molecule has 0 aliphatic carbocycles. The van der Waals surface area contributed by atoms with Crippen molar-refractivity contribution in [1.82, 2.24) is 0 Å². The van der Waals surface area contributed by atoms with Crippen LogP contribution in [0.1, 0.15) is 19.3 Å². The van der Waals surface area contributed by atoms with Crippen molar-refractivity contribution < 1.29 is 14.3 Å². The van der Waals surface area contributed by atoms with Crippen LogP contribution in [0.2, 0.25) is 5.02 Å². The van der Waals surface area contributed by atoms with Gasteiger partial charge in [0.1, 0.15) is 5.75 Å². The van der Waals surface area contributed by atoms with Crippen LogP contribution in [0.25, 0.3) is 0 Å². The van der Waals surface area contributed by atoms with Gasteiger partial charge in [-0.05, 0) is 18.6 Å². The fourth-order valence-electron chi connectivity index (χ4n) is 1.13. The second-order valence-electron chi connectivity index (χ2n) is 3.23. The van der Waals surface area contributed by atoms with E-state index in [1.807, 2.05) is 0 Å². The molecule has 0 atom stereocenters. The minimum Gasteiger partial charge on any atom is -0.497 e. The standard InChI is InChI=1S/C12H14ClO3/c1-3-4-5-12(14)16-11-8-9(15-2)6-7-10(11)13/h6-8H,1,3-5H2,2H3. The maximum absolute atomic E-state index is 11.4. The second kappa shape index (κ2) is 6.38. The lowest BCUT2D eigenvalue weighted by Gasteiger charge is -2.07. The van der Waals surface area contributed by atoms with E-state index in [0.29, 0.717) is 35.8 Å². The highest BCUT2D eigenvalue weighted by atomic mass is 35.5. The van der Waals surface area contributed by atoms with Gasteiger partial charge in [0.2, 0.25) is 0 Å². The average molecular weight is 242 g/mol. The van der Waals surface area contributed by atoms with Crippen LogP contribution in [0, 0.1) is 6.92 Å². The van der Waals surface area contributed by atoms with Crippen LogP contribution in [-0.4, -0.2) is 13.1 Å². The number of hydrogen-bond acceptors (Lipinski definition) is 3. The number of carbonyl (C=O) groups excluding carboxylic acids is 1. The molecule has 0 unspecified atom stereocenters. The summed E-state index contributed by atoms with van der Waals surface area (Å²) in [4.78, 5) is 11.4. The summed E-state index contributed by atoms with van der Waals surface area (Å²) in [5.74, 6) is 0.623. The van der Waals surface area contributed by atoms with E-state index >= 15 is 0 Å². The molecule has 0 spiro atoms. The maximum Gasteiger partial charge on any atom is 0.311 e. The van der Waals surface area contributed by atoms with Crippen LogP contribution in [0.4, 0.5) is 0 Å². The summed E-state index contributed by atoms with van der Waals surface area (Å²) in [6, 6.07) is 4.92. The number of unbranched alkanes of at least 4 members (excludes halogenated alkanes) is 1. The summed E-state index contributed by atoms with van der Waals surface area (Å²) >= 11 is 5.89. The Bertz CT molecular complexity index is 363. The highest BCUT2D eigenvalue weighted by molar-refractivity contribution is 6.32. The third kappa shape index (κ3) is 3.74. The molecule has 1 rings (SSSR count). The van der Waals surface area contributed by atoms with Crippen LogP contribution in [0.15, 0.2) is 18.2 Å². The molecule has 0 N–H and O–H groups in total. The summed E-state index contributed by atoms with van der Waals surface area (Å²) in [7, 11) is 1.54. The summed E-state index contributed by atoms with van der Waals surface area (Å²) in [6.45, 7) is 3.66. The van der Waals surface area contributed by atoms with Crippen molar-refractivity contribution in [3.63, 3.8) is 0 Å². The van der Waals surface area contributed by atoms with Crippen LogP contribution in [0.3, 0.4) is 0 Å². The highest BCUT2D eigenvalue weighted by Gasteiger charge is 2.09. The quantitative estimate of drug-likeness (QED) is 0.586. The van der Waals surface area contributed by atoms with Crippen molar-refractivity contribution in [2.75, 3.05) is 7.11 Å². The van der Waals surface area contributed by atoms with Crippen LogP contribution in [-0.2, 0) is 4.79 Å². The summed E-state index contributed by atoms with van der Waals surface area (Å²) in [6.07, 6.45) is 1.76. The van der Waals surface area contributed by atoms with Crippen molar-refractivity contribution >= 4 is 17.6 Å². The molecular formula is C12H14ClO3. The SMILES string of the molecule is [CH2]CCCC(=O)Oc1cc(OC)ccc1Cl. The third-order valence-electron chi connectivity index (χ3n) is 1.99. The van der Waals surface area contributed by atoms with E-state index in [0.717, 1.165) is 0 Å². The van der Waals surface area contributed by atoms with Gasteiger partial charge < -0.3 is 9.47 Å². The van der Waals surface area contributed by atoms with E-state index in [4.69, 9.17) is 21.1 Å². The van der Waals surface area contributed by atoms with E-state index in [9.17, 15) is 4.79 Å². The first-order valence-corrected chi connectivity index (χ1v) is 5.38. The summed E-state index contributed by atoms with van der Waals surface area (Å²) < 4.78 is 10.1. The van der Waals surface area contributed by atoms with Gasteiger partial charge in [-0.25, -0.2) is 0 Å². The van der Waals surface area contributed by atoms with E-state index < -0.39 is 0 Å². The van der Waals surface area contributed by atoms with Crippen molar-refractivity contribution in [2.24, 2.45) is 0 Å². The Morgan fingerprint density at radius 3 is 2.88 bits per heavy atom. The van der Waals surface area contributed by atoms with Gasteiger partial charge in [0.25, 0.3) is 0 Å². The number of ether oxygens (including phenoxy) is 2. The van der Waals surface area contributed by atoms with Gasteiger partial charge in [-0.2, -0.15) is 0 Å². The van der Waals surface area contributed by atoms with Crippen LogP contribution >= 0.6 is 11.6 Å². The molecule has 0 saturated heterocycles. The molecule has 0 saturated carbocycles. The number of esters is 1. The monoisotopic (exact) mass is 241 g/mol. The fourth-order valence-corrected chi connectivity index (χ4v) is 1.29. The fraction of sp³-hybridized carbons (Fsp3) is 0.333. The predicted octanol–water partition coefficient (Wildman–Crippen LogP) is 3.26. The van der Waals surface area contributed by atoms with Crippen molar-refractivity contribution in [3.8, 4) is 11.5 Å². The molecule has 0 aliphatic rings. The Hall–Kier alpha value is -1.22. The van der Waals surface area contributed by atoms with Crippen molar-refractivity contribution in [2.45, 2.75) is 19.3 Å². The Kier molecular flexibility index (Phi) is 5.12. The lowest BCUT2D eigenvalue weighted by molar-refractivity contribution is -0.134. The molecular weight excluding hydrogens is 228 g/mol. The molecule has 0 fully saturated rings. The Labute approximate surface area is 100 Å². The van der Waals surface area contributed by atoms with E-state index in [2.05, 4.69) is 6.92 Å². The minimum absolute atomic E-state index is 0.307. The van der Waals surface area contributed by atoms with Crippen molar-refractivity contribution in [1.29, 1.82) is 0 Å². The molecule has 16 heavy (non-hydrogen) atoms. The van der Waals surface area contributed by atoms with Gasteiger partial charge in [-0.1, -0.05) is 24.9 Å². The Balaban J connectivity index is 2.68. The van der Waals surface area contributed by atoms with Gasteiger partial charge in [-0.3, -0.25) is 4.79 Å². The molecule has 0 heterocycles. The molecule has 0 aliphatic heterocycles. The zero-order valence-electron chi connectivity index (χ0n) is 9.16. The third-order valence-corrected chi connectivity index (χ3v) is 2.31. The van der Waals surface area contributed by atoms with E-state index in [1.165, 1.54) is 7.11 Å². The first-order chi connectivity index (χ1) is 7.67. The van der Waals surface area contributed by atoms with Crippen LogP contribution < -0.4 is 9.47 Å². The topological polar surface area (TPSA) is 35.5 Å². The van der Waals surface area contributed by atoms with Gasteiger partial charge in [0, 0.05) is 12.5 Å². The first-order valence-electron chi connectivity index (χ1n) is 5.01. The smallest absolute Gasteiger partial charge is 0.311 e. The molecule has 0 amide bonds. The lowest BCUT2D eigenvalue weighted by Crippen LogP contribution is -2.07. The number of rotatable bonds is 5. The molecule has 0 aromatic heterocycles. The van der Waals surface area contributed by atoms with E-state index in [1.54, 1.807) is 18.2 Å². The van der Waals surface area contributed by atoms with Gasteiger partial charge in [0.15, 0.2) is 5.75 Å². The zero-order chi connectivity index (χ0) is 12.0. The molecule has 1 aromatic carbocycles. The summed E-state index contributed by atoms with van der Waals surface area (Å²) in [5, 5.41) is 0.392. The van der Waals surface area contributed by atoms with Gasteiger partial charge >= 0.3 is 5.97 Å². The maximum atomic E-state index is 11.4. The van der Waals surface area contributed by atoms with E-state index in [-0.39, 0.29) is 5.97 Å². The molecule has 1 aromatic rings. The Morgan fingerprint density at radius 2 is 2.25 bits per heavy atom. The van der Waals surface area contributed by atoms with Crippen LogP contribution in [0.5, 0.6) is 11.5 Å². The predicted molar refractivity (Wildman–Crippen MR) is 62.8 cm³/mol. The largest absolute Gasteiger partial charge is 0.497 e. The molecule has 4 heteroatoms. The summed E-state index contributed by atoms with van der Waals surface area (Å²) in [5.41, 5.74) is 0. The minimum atomic E-state index is -0.307. The zero-order valence-corrected chi connectivity index (χ0v) is 9.92. The average Bonchev–Trinajstić information content (AvgIpc) is 2.29. The molecule has 0 bridgehead atoms. The van der Waals surface area contributed by atoms with Gasteiger partial charge in [-0.15, -0.1) is 0 Å². The Morgan fingerprint density at radius 1 is 1.50 bits per heavy atom. The second-order valence-corrected chi connectivity index (χ2v) is 3.63. The molecule has 3 nitrogen and oxygen atoms in total. The lowest BCUT2D eigenvalue weighted by atomic mass is 10.2. The van der Waals surface area contributed by atoms with Crippen molar-refractivity contribution in [3.05, 3.63) is 30.1 Å². The first kappa shape index (κ1) is 12.8. The van der Waals surface area contributed by atoms with Gasteiger partial charge in [0.05, 0.1) is 12.1 Å². The molecule has 87 valence electrons. The number of halogens is 1. The number of benzene rings is 1. The number of methoxy groups -OCH3 is 1. The highest BCUT2D eigenvalue weighted by Crippen LogP contribution is 2.29.